The number of nitrogens with zero attached hydrogens (tertiary/aromatic N) is 4. The predicted molar refractivity (Wildman–Crippen MR) is 68.8 cm³/mol. The largest absolute Gasteiger partial charge is 0.401 e. The fraction of sp³-hybridized carbons (Fsp3) is 0.667. The van der Waals surface area contributed by atoms with Gasteiger partial charge in [-0.15, -0.1) is 0 Å². The van der Waals surface area contributed by atoms with E-state index in [2.05, 4.69) is 9.97 Å². The highest BCUT2D eigenvalue weighted by Crippen LogP contribution is 2.34. The summed E-state index contributed by atoms with van der Waals surface area (Å²) in [4.78, 5) is 11.8. The van der Waals surface area contributed by atoms with Crippen LogP contribution in [0.25, 0.3) is 0 Å². The highest BCUT2D eigenvalue weighted by atomic mass is 35.5. The number of aromatic nitrogens is 2. The molecule has 1 aromatic heterocycles. The average molecular weight is 307 g/mol. The Labute approximate surface area is 119 Å². The molecule has 0 aliphatic carbocycles. The van der Waals surface area contributed by atoms with Crippen LogP contribution in [0.4, 0.5) is 19.1 Å². The van der Waals surface area contributed by atoms with Gasteiger partial charge in [0, 0.05) is 31.4 Å². The van der Waals surface area contributed by atoms with Gasteiger partial charge in [0.05, 0.1) is 6.54 Å². The van der Waals surface area contributed by atoms with Crippen molar-refractivity contribution >= 4 is 17.5 Å². The minimum Gasteiger partial charge on any atom is -0.338 e. The number of alkyl halides is 3. The second-order valence-electron chi connectivity index (χ2n) is 5.26. The van der Waals surface area contributed by atoms with Crippen molar-refractivity contribution < 1.29 is 13.2 Å². The first kappa shape index (κ1) is 13.9. The summed E-state index contributed by atoms with van der Waals surface area (Å²) >= 11 is 5.83. The van der Waals surface area contributed by atoms with Gasteiger partial charge in [-0.25, -0.2) is 9.97 Å². The highest BCUT2D eigenvalue weighted by Gasteiger charge is 2.45. The highest BCUT2D eigenvalue weighted by molar-refractivity contribution is 6.29. The van der Waals surface area contributed by atoms with E-state index in [1.54, 1.807) is 17.2 Å². The fourth-order valence-corrected chi connectivity index (χ4v) is 3.23. The first-order valence-corrected chi connectivity index (χ1v) is 6.86. The molecule has 2 atom stereocenters. The van der Waals surface area contributed by atoms with E-state index in [4.69, 9.17) is 11.6 Å². The van der Waals surface area contributed by atoms with Crippen LogP contribution in [-0.2, 0) is 0 Å². The number of hydrogen-bond donors (Lipinski definition) is 0. The van der Waals surface area contributed by atoms with E-state index in [0.717, 1.165) is 12.8 Å². The quantitative estimate of drug-likeness (QED) is 0.785. The Morgan fingerprint density at radius 2 is 1.90 bits per heavy atom. The number of piperazine rings is 1. The molecule has 2 bridgehead atoms. The normalized spacial score (nSPS) is 27.1. The molecular weight excluding hydrogens is 293 g/mol. The zero-order chi connectivity index (χ0) is 14.3. The Hall–Kier alpha value is -1.08. The lowest BCUT2D eigenvalue weighted by Crippen LogP contribution is -2.56. The number of rotatable bonds is 2. The van der Waals surface area contributed by atoms with Crippen LogP contribution < -0.4 is 4.90 Å². The Balaban J connectivity index is 1.73. The van der Waals surface area contributed by atoms with Gasteiger partial charge in [-0.3, -0.25) is 4.90 Å². The molecule has 0 spiro atoms. The molecule has 2 fully saturated rings. The van der Waals surface area contributed by atoms with Crippen molar-refractivity contribution in [1.82, 2.24) is 14.9 Å². The molecule has 1 aromatic rings. The van der Waals surface area contributed by atoms with Gasteiger partial charge in [-0.2, -0.15) is 13.2 Å². The molecule has 0 aromatic carbocycles. The van der Waals surface area contributed by atoms with Crippen LogP contribution in [0.3, 0.4) is 0 Å². The second kappa shape index (κ2) is 5.04. The Kier molecular flexibility index (Phi) is 3.50. The molecule has 0 saturated carbocycles. The third kappa shape index (κ3) is 2.83. The Bertz CT molecular complexity index is 482. The molecule has 110 valence electrons. The first-order valence-electron chi connectivity index (χ1n) is 6.48. The van der Waals surface area contributed by atoms with Crippen molar-refractivity contribution in [2.24, 2.45) is 0 Å². The summed E-state index contributed by atoms with van der Waals surface area (Å²) in [5, 5.41) is 0.347. The van der Waals surface area contributed by atoms with Crippen molar-refractivity contribution in [2.75, 3.05) is 24.5 Å². The van der Waals surface area contributed by atoms with Gasteiger partial charge in [-0.05, 0) is 18.9 Å². The molecule has 2 aliphatic rings. The summed E-state index contributed by atoms with van der Waals surface area (Å²) in [6.07, 6.45) is -1.00. The standard InChI is InChI=1S/C12H14ClF3N4/c13-10-3-4-17-11(18-10)19-5-8-1-2-9(6-19)20(8)7-12(14,15)16/h3-4,8-9H,1-2,5-7H2. The molecule has 2 saturated heterocycles. The molecule has 3 rings (SSSR count). The van der Waals surface area contributed by atoms with Crippen molar-refractivity contribution in [3.63, 3.8) is 0 Å². The summed E-state index contributed by atoms with van der Waals surface area (Å²) < 4.78 is 37.8. The molecule has 2 aliphatic heterocycles. The molecule has 0 amide bonds. The second-order valence-corrected chi connectivity index (χ2v) is 5.64. The predicted octanol–water partition coefficient (Wildman–Crippen LogP) is 2.35. The van der Waals surface area contributed by atoms with Gasteiger partial charge in [0.15, 0.2) is 0 Å². The minimum atomic E-state index is -4.14. The van der Waals surface area contributed by atoms with Crippen LogP contribution in [0.2, 0.25) is 5.15 Å². The molecule has 3 heterocycles. The zero-order valence-corrected chi connectivity index (χ0v) is 11.4. The minimum absolute atomic E-state index is 0.0852. The van der Waals surface area contributed by atoms with E-state index in [1.165, 1.54) is 0 Å². The molecule has 2 unspecified atom stereocenters. The van der Waals surface area contributed by atoms with E-state index >= 15 is 0 Å². The maximum absolute atomic E-state index is 12.6. The lowest BCUT2D eigenvalue weighted by atomic mass is 10.2. The van der Waals surface area contributed by atoms with Gasteiger partial charge in [0.25, 0.3) is 0 Å². The van der Waals surface area contributed by atoms with Crippen molar-refractivity contribution in [3.05, 3.63) is 17.4 Å². The van der Waals surface area contributed by atoms with Crippen molar-refractivity contribution in [3.8, 4) is 0 Å². The maximum Gasteiger partial charge on any atom is 0.401 e. The number of fused-ring (bicyclic) bond motifs is 2. The lowest BCUT2D eigenvalue weighted by molar-refractivity contribution is -0.153. The van der Waals surface area contributed by atoms with Crippen molar-refractivity contribution in [2.45, 2.75) is 31.1 Å². The summed E-state index contributed by atoms with van der Waals surface area (Å²) in [5.41, 5.74) is 0. The molecular formula is C12H14ClF3N4. The van der Waals surface area contributed by atoms with Crippen LogP contribution in [0, 0.1) is 0 Å². The van der Waals surface area contributed by atoms with E-state index < -0.39 is 12.7 Å². The third-order valence-corrected chi connectivity index (χ3v) is 4.10. The summed E-state index contributed by atoms with van der Waals surface area (Å²) in [6.45, 7) is 0.215. The van der Waals surface area contributed by atoms with Crippen LogP contribution in [0.15, 0.2) is 12.3 Å². The Morgan fingerprint density at radius 3 is 2.45 bits per heavy atom. The van der Waals surface area contributed by atoms with Crippen LogP contribution >= 0.6 is 11.6 Å². The summed E-state index contributed by atoms with van der Waals surface area (Å²) in [7, 11) is 0. The SMILES string of the molecule is FC(F)(F)CN1C2CCC1CN(c1nccc(Cl)n1)C2. The monoisotopic (exact) mass is 306 g/mol. The topological polar surface area (TPSA) is 32.3 Å². The molecule has 0 N–H and O–H groups in total. The molecule has 0 radical (unpaired) electrons. The van der Waals surface area contributed by atoms with Crippen molar-refractivity contribution in [1.29, 1.82) is 0 Å². The Morgan fingerprint density at radius 1 is 1.25 bits per heavy atom. The van der Waals surface area contributed by atoms with Gasteiger partial charge in [-0.1, -0.05) is 11.6 Å². The number of halogens is 4. The van der Waals surface area contributed by atoms with Gasteiger partial charge in [0.2, 0.25) is 5.95 Å². The van der Waals surface area contributed by atoms with Crippen LogP contribution in [0.5, 0.6) is 0 Å². The molecule has 8 heteroatoms. The van der Waals surface area contributed by atoms with E-state index in [-0.39, 0.29) is 12.1 Å². The number of anilines is 1. The summed E-state index contributed by atoms with van der Waals surface area (Å²) in [6, 6.07) is 1.41. The van der Waals surface area contributed by atoms with Gasteiger partial charge < -0.3 is 4.90 Å². The zero-order valence-electron chi connectivity index (χ0n) is 10.6. The molecule has 20 heavy (non-hydrogen) atoms. The third-order valence-electron chi connectivity index (χ3n) is 3.89. The van der Waals surface area contributed by atoms with E-state index in [1.807, 2.05) is 4.90 Å². The van der Waals surface area contributed by atoms with Gasteiger partial charge >= 0.3 is 6.18 Å². The van der Waals surface area contributed by atoms with Crippen LogP contribution in [-0.4, -0.2) is 52.8 Å². The lowest BCUT2D eigenvalue weighted by Gasteiger charge is -2.41. The summed E-state index contributed by atoms with van der Waals surface area (Å²) in [5.74, 6) is 0.501. The maximum atomic E-state index is 12.6. The van der Waals surface area contributed by atoms with Gasteiger partial charge in [0.1, 0.15) is 5.15 Å². The molecule has 4 nitrogen and oxygen atoms in total. The average Bonchev–Trinajstić information content (AvgIpc) is 2.60. The van der Waals surface area contributed by atoms with E-state index in [0.29, 0.717) is 24.2 Å². The number of hydrogen-bond acceptors (Lipinski definition) is 4. The van der Waals surface area contributed by atoms with E-state index in [9.17, 15) is 13.2 Å². The first-order chi connectivity index (χ1) is 9.42. The van der Waals surface area contributed by atoms with Crippen LogP contribution in [0.1, 0.15) is 12.8 Å². The fourth-order valence-electron chi connectivity index (χ4n) is 3.10. The smallest absolute Gasteiger partial charge is 0.338 e.